The fourth-order valence-electron chi connectivity index (χ4n) is 3.75. The lowest BCUT2D eigenvalue weighted by Gasteiger charge is -2.27. The van der Waals surface area contributed by atoms with E-state index in [0.29, 0.717) is 5.92 Å². The molecule has 0 radical (unpaired) electrons. The molecule has 1 N–H and O–H groups in total. The summed E-state index contributed by atoms with van der Waals surface area (Å²) in [7, 11) is 0. The first-order chi connectivity index (χ1) is 9.25. The Kier molecular flexibility index (Phi) is 3.56. The van der Waals surface area contributed by atoms with Crippen molar-refractivity contribution in [3.63, 3.8) is 0 Å². The van der Waals surface area contributed by atoms with E-state index in [4.69, 9.17) is 0 Å². The van der Waals surface area contributed by atoms with E-state index in [9.17, 15) is 9.90 Å². The smallest absolute Gasteiger partial charge is 0.308 e. The Bertz CT molecular complexity index is 445. The molecule has 2 aliphatic rings. The highest BCUT2D eigenvalue weighted by atomic mass is 16.4. The third-order valence-electron chi connectivity index (χ3n) is 4.76. The molecule has 3 heteroatoms. The van der Waals surface area contributed by atoms with Crippen molar-refractivity contribution in [1.29, 1.82) is 0 Å². The lowest BCUT2D eigenvalue weighted by Crippen LogP contribution is -2.39. The summed E-state index contributed by atoms with van der Waals surface area (Å²) < 4.78 is 0. The number of carbonyl (C=O) groups is 1. The van der Waals surface area contributed by atoms with Crippen LogP contribution in [0.1, 0.15) is 37.2 Å². The molecule has 1 saturated heterocycles. The van der Waals surface area contributed by atoms with Crippen molar-refractivity contribution >= 4 is 5.97 Å². The molecule has 3 atom stereocenters. The van der Waals surface area contributed by atoms with E-state index >= 15 is 0 Å². The van der Waals surface area contributed by atoms with Crippen LogP contribution in [0.2, 0.25) is 0 Å². The minimum atomic E-state index is -0.606. The molecule has 2 fully saturated rings. The topological polar surface area (TPSA) is 40.5 Å². The van der Waals surface area contributed by atoms with Gasteiger partial charge in [-0.1, -0.05) is 36.8 Å². The van der Waals surface area contributed by atoms with Crippen molar-refractivity contribution in [2.24, 2.45) is 5.92 Å². The van der Waals surface area contributed by atoms with Gasteiger partial charge < -0.3 is 5.11 Å². The van der Waals surface area contributed by atoms with E-state index in [0.717, 1.165) is 38.8 Å². The first-order valence-electron chi connectivity index (χ1n) is 7.27. The zero-order valence-electron chi connectivity index (χ0n) is 11.2. The van der Waals surface area contributed by atoms with Gasteiger partial charge in [0.15, 0.2) is 0 Å². The van der Waals surface area contributed by atoms with Crippen molar-refractivity contribution in [3.8, 4) is 0 Å². The molecule has 1 saturated carbocycles. The summed E-state index contributed by atoms with van der Waals surface area (Å²) in [5, 5.41) is 9.30. The molecule has 3 unspecified atom stereocenters. The Morgan fingerprint density at radius 1 is 1.16 bits per heavy atom. The summed E-state index contributed by atoms with van der Waals surface area (Å²) >= 11 is 0. The quantitative estimate of drug-likeness (QED) is 0.907. The van der Waals surface area contributed by atoms with Crippen LogP contribution in [0.15, 0.2) is 30.3 Å². The number of hydrogen-bond acceptors (Lipinski definition) is 2. The molecular weight excluding hydrogens is 238 g/mol. The van der Waals surface area contributed by atoms with Crippen LogP contribution in [0.5, 0.6) is 0 Å². The van der Waals surface area contributed by atoms with Gasteiger partial charge in [-0.25, -0.2) is 0 Å². The first kappa shape index (κ1) is 12.7. The summed E-state index contributed by atoms with van der Waals surface area (Å²) in [6.07, 6.45) is 4.13. The minimum Gasteiger partial charge on any atom is -0.481 e. The predicted molar refractivity (Wildman–Crippen MR) is 74.1 cm³/mol. The largest absolute Gasteiger partial charge is 0.481 e. The zero-order chi connectivity index (χ0) is 13.2. The number of carboxylic acid groups (broad SMARTS) is 1. The average molecular weight is 259 g/mol. The summed E-state index contributed by atoms with van der Waals surface area (Å²) in [6.45, 7) is 2.08. The zero-order valence-corrected chi connectivity index (χ0v) is 11.2. The standard InChI is InChI=1S/C16H21NO2/c18-16(19)14-7-4-8-15(14)17-10-9-13(11-17)12-5-2-1-3-6-12/h1-3,5-6,13-15H,4,7-11H2,(H,18,19). The molecule has 102 valence electrons. The normalized spacial score (nSPS) is 31.7. The van der Waals surface area contributed by atoms with Crippen LogP contribution in [0.3, 0.4) is 0 Å². The molecule has 0 bridgehead atoms. The van der Waals surface area contributed by atoms with Crippen LogP contribution in [0, 0.1) is 5.92 Å². The van der Waals surface area contributed by atoms with Crippen LogP contribution in [-0.2, 0) is 4.79 Å². The van der Waals surface area contributed by atoms with Crippen LogP contribution >= 0.6 is 0 Å². The van der Waals surface area contributed by atoms with Gasteiger partial charge in [0.2, 0.25) is 0 Å². The number of carboxylic acids is 1. The van der Waals surface area contributed by atoms with Gasteiger partial charge in [-0.2, -0.15) is 0 Å². The SMILES string of the molecule is O=C(O)C1CCCC1N1CCC(c2ccccc2)C1. The van der Waals surface area contributed by atoms with Gasteiger partial charge in [-0.05, 0) is 37.3 Å². The minimum absolute atomic E-state index is 0.144. The monoisotopic (exact) mass is 259 g/mol. The summed E-state index contributed by atoms with van der Waals surface area (Å²) in [5.74, 6) is -0.170. The lowest BCUT2D eigenvalue weighted by molar-refractivity contribution is -0.143. The van der Waals surface area contributed by atoms with Crippen molar-refractivity contribution in [1.82, 2.24) is 4.90 Å². The second-order valence-electron chi connectivity index (χ2n) is 5.83. The number of rotatable bonds is 3. The molecule has 1 aliphatic carbocycles. The van der Waals surface area contributed by atoms with Crippen LogP contribution < -0.4 is 0 Å². The lowest BCUT2D eigenvalue weighted by atomic mass is 9.98. The highest BCUT2D eigenvalue weighted by molar-refractivity contribution is 5.71. The Morgan fingerprint density at radius 2 is 1.95 bits per heavy atom. The maximum atomic E-state index is 11.3. The first-order valence-corrected chi connectivity index (χ1v) is 7.27. The van der Waals surface area contributed by atoms with Crippen LogP contribution in [0.4, 0.5) is 0 Å². The Morgan fingerprint density at radius 3 is 2.68 bits per heavy atom. The highest BCUT2D eigenvalue weighted by Crippen LogP contribution is 2.36. The van der Waals surface area contributed by atoms with E-state index < -0.39 is 5.97 Å². The summed E-state index contributed by atoms with van der Waals surface area (Å²) in [6, 6.07) is 10.9. The molecule has 3 rings (SSSR count). The van der Waals surface area contributed by atoms with Gasteiger partial charge in [0, 0.05) is 12.6 Å². The molecule has 1 aliphatic heterocycles. The molecule has 0 amide bonds. The molecule has 3 nitrogen and oxygen atoms in total. The van der Waals surface area contributed by atoms with E-state index in [1.165, 1.54) is 5.56 Å². The van der Waals surface area contributed by atoms with E-state index in [2.05, 4.69) is 29.2 Å². The fraction of sp³-hybridized carbons (Fsp3) is 0.562. The van der Waals surface area contributed by atoms with Crippen LogP contribution in [0.25, 0.3) is 0 Å². The van der Waals surface area contributed by atoms with E-state index in [1.807, 2.05) is 6.07 Å². The summed E-state index contributed by atoms with van der Waals surface area (Å²) in [4.78, 5) is 13.7. The average Bonchev–Trinajstić information content (AvgIpc) is 3.08. The van der Waals surface area contributed by atoms with Gasteiger partial charge in [-0.3, -0.25) is 9.69 Å². The van der Waals surface area contributed by atoms with Gasteiger partial charge in [0.25, 0.3) is 0 Å². The number of nitrogens with zero attached hydrogens (tertiary/aromatic N) is 1. The van der Waals surface area contributed by atoms with Gasteiger partial charge in [0.1, 0.15) is 0 Å². The molecule has 0 spiro atoms. The van der Waals surface area contributed by atoms with E-state index in [1.54, 1.807) is 0 Å². The van der Waals surface area contributed by atoms with Crippen LogP contribution in [-0.4, -0.2) is 35.1 Å². The molecule has 1 heterocycles. The Balaban J connectivity index is 1.67. The van der Waals surface area contributed by atoms with Crippen molar-refractivity contribution in [2.45, 2.75) is 37.6 Å². The van der Waals surface area contributed by atoms with Crippen molar-refractivity contribution in [3.05, 3.63) is 35.9 Å². The maximum Gasteiger partial charge on any atom is 0.308 e. The number of benzene rings is 1. The van der Waals surface area contributed by atoms with Crippen molar-refractivity contribution < 1.29 is 9.90 Å². The number of likely N-dealkylation sites (tertiary alicyclic amines) is 1. The highest BCUT2D eigenvalue weighted by Gasteiger charge is 2.39. The number of hydrogen-bond donors (Lipinski definition) is 1. The number of aliphatic carboxylic acids is 1. The third-order valence-corrected chi connectivity index (χ3v) is 4.76. The van der Waals surface area contributed by atoms with Gasteiger partial charge in [-0.15, -0.1) is 0 Å². The molecule has 19 heavy (non-hydrogen) atoms. The molecule has 1 aromatic carbocycles. The maximum absolute atomic E-state index is 11.3. The fourth-order valence-corrected chi connectivity index (χ4v) is 3.75. The van der Waals surface area contributed by atoms with E-state index in [-0.39, 0.29) is 12.0 Å². The molecular formula is C16H21NO2. The predicted octanol–water partition coefficient (Wildman–Crippen LogP) is 2.73. The van der Waals surface area contributed by atoms with Crippen molar-refractivity contribution in [2.75, 3.05) is 13.1 Å². The Hall–Kier alpha value is -1.35. The third kappa shape index (κ3) is 2.52. The van der Waals surface area contributed by atoms with Gasteiger partial charge in [0.05, 0.1) is 5.92 Å². The second kappa shape index (κ2) is 5.33. The Labute approximate surface area is 114 Å². The summed E-state index contributed by atoms with van der Waals surface area (Å²) in [5.41, 5.74) is 1.40. The molecule has 1 aromatic rings. The second-order valence-corrected chi connectivity index (χ2v) is 5.83. The van der Waals surface area contributed by atoms with Gasteiger partial charge >= 0.3 is 5.97 Å². The molecule has 0 aromatic heterocycles.